The molecule has 0 aliphatic rings. The predicted octanol–water partition coefficient (Wildman–Crippen LogP) is 3.16. The van der Waals surface area contributed by atoms with Crippen molar-refractivity contribution in [2.24, 2.45) is 0 Å². The van der Waals surface area contributed by atoms with Crippen LogP contribution in [0.1, 0.15) is 25.8 Å². The van der Waals surface area contributed by atoms with Crippen LogP contribution in [0, 0.1) is 5.82 Å². The molecule has 29 heavy (non-hydrogen) atoms. The highest BCUT2D eigenvalue weighted by Crippen LogP contribution is 2.18. The summed E-state index contributed by atoms with van der Waals surface area (Å²) in [6.07, 6.45) is 0.446. The Morgan fingerprint density at radius 2 is 1.66 bits per heavy atom. The van der Waals surface area contributed by atoms with Crippen LogP contribution in [0.2, 0.25) is 0 Å². The van der Waals surface area contributed by atoms with E-state index < -0.39 is 6.04 Å². The molecule has 0 heterocycles. The second-order valence-electron chi connectivity index (χ2n) is 6.43. The van der Waals surface area contributed by atoms with E-state index in [-0.39, 0.29) is 30.8 Å². The molecule has 0 fully saturated rings. The van der Waals surface area contributed by atoms with E-state index in [1.807, 2.05) is 13.8 Å². The number of nitrogens with one attached hydrogen (secondary N) is 1. The lowest BCUT2D eigenvalue weighted by Crippen LogP contribution is -2.50. The summed E-state index contributed by atoms with van der Waals surface area (Å²) in [5, 5.41) is 2.77. The lowest BCUT2D eigenvalue weighted by Gasteiger charge is -2.30. The molecular weight excluding hydrogens is 375 g/mol. The van der Waals surface area contributed by atoms with Gasteiger partial charge in [-0.2, -0.15) is 0 Å². The predicted molar refractivity (Wildman–Crippen MR) is 108 cm³/mol. The number of ether oxygens (including phenoxy) is 2. The quantitative estimate of drug-likeness (QED) is 0.663. The van der Waals surface area contributed by atoms with Gasteiger partial charge in [0.2, 0.25) is 5.91 Å². The minimum absolute atomic E-state index is 0.181. The van der Waals surface area contributed by atoms with E-state index in [9.17, 15) is 14.0 Å². The van der Waals surface area contributed by atoms with Crippen LogP contribution in [-0.4, -0.2) is 43.0 Å². The van der Waals surface area contributed by atoms with Gasteiger partial charge in [0.05, 0.1) is 7.11 Å². The van der Waals surface area contributed by atoms with Gasteiger partial charge in [-0.3, -0.25) is 9.59 Å². The first kappa shape index (κ1) is 22.2. The maximum atomic E-state index is 13.2. The standard InChI is InChI=1S/C22H27FN2O4/c1-4-20(22(27)24-5-2)25(14-16-6-8-17(23)9-7-16)21(26)15-29-19-12-10-18(28-3)11-13-19/h6-13,20H,4-5,14-15H2,1-3H3,(H,24,27). The fraction of sp³-hybridized carbons (Fsp3) is 0.364. The van der Waals surface area contributed by atoms with E-state index in [0.717, 1.165) is 5.56 Å². The summed E-state index contributed by atoms with van der Waals surface area (Å²) in [6.45, 7) is 4.10. The van der Waals surface area contributed by atoms with Gasteiger partial charge in [-0.05, 0) is 55.3 Å². The summed E-state index contributed by atoms with van der Waals surface area (Å²) < 4.78 is 23.9. The smallest absolute Gasteiger partial charge is 0.261 e. The van der Waals surface area contributed by atoms with E-state index in [0.29, 0.717) is 24.5 Å². The van der Waals surface area contributed by atoms with Gasteiger partial charge in [0.1, 0.15) is 23.4 Å². The first-order valence-corrected chi connectivity index (χ1v) is 9.56. The Bertz CT molecular complexity index is 793. The number of hydrogen-bond acceptors (Lipinski definition) is 4. The Balaban J connectivity index is 2.15. The number of likely N-dealkylation sites (N-methyl/N-ethyl adjacent to an activating group) is 1. The Morgan fingerprint density at radius 3 is 2.21 bits per heavy atom. The van der Waals surface area contributed by atoms with E-state index in [2.05, 4.69) is 5.32 Å². The highest BCUT2D eigenvalue weighted by atomic mass is 19.1. The summed E-state index contributed by atoms with van der Waals surface area (Å²) in [4.78, 5) is 26.9. The lowest BCUT2D eigenvalue weighted by molar-refractivity contribution is -0.142. The van der Waals surface area contributed by atoms with E-state index in [1.54, 1.807) is 43.5 Å². The van der Waals surface area contributed by atoms with Crippen molar-refractivity contribution in [3.05, 3.63) is 59.9 Å². The molecule has 1 unspecified atom stereocenters. The molecule has 0 saturated carbocycles. The van der Waals surface area contributed by atoms with Gasteiger partial charge < -0.3 is 19.7 Å². The van der Waals surface area contributed by atoms with Gasteiger partial charge in [-0.25, -0.2) is 4.39 Å². The van der Waals surface area contributed by atoms with Gasteiger partial charge >= 0.3 is 0 Å². The molecule has 0 aromatic heterocycles. The van der Waals surface area contributed by atoms with Gasteiger partial charge in [0, 0.05) is 13.1 Å². The maximum absolute atomic E-state index is 13.2. The minimum atomic E-state index is -0.646. The third-order valence-corrected chi connectivity index (χ3v) is 4.42. The number of carbonyl (C=O) groups is 2. The van der Waals surface area contributed by atoms with Crippen LogP contribution in [-0.2, 0) is 16.1 Å². The molecular formula is C22H27FN2O4. The summed E-state index contributed by atoms with van der Waals surface area (Å²) in [6, 6.07) is 12.1. The SMILES string of the molecule is CCNC(=O)C(CC)N(Cc1ccc(F)cc1)C(=O)COc1ccc(OC)cc1. The monoisotopic (exact) mass is 402 g/mol. The highest BCUT2D eigenvalue weighted by molar-refractivity contribution is 5.88. The highest BCUT2D eigenvalue weighted by Gasteiger charge is 2.28. The molecule has 0 bridgehead atoms. The molecule has 6 nitrogen and oxygen atoms in total. The van der Waals surface area contributed by atoms with Crippen LogP contribution in [0.3, 0.4) is 0 Å². The lowest BCUT2D eigenvalue weighted by atomic mass is 10.1. The molecule has 0 aliphatic carbocycles. The van der Waals surface area contributed by atoms with Crippen molar-refractivity contribution in [2.75, 3.05) is 20.3 Å². The van der Waals surface area contributed by atoms with Crippen molar-refractivity contribution in [1.29, 1.82) is 0 Å². The van der Waals surface area contributed by atoms with Crippen molar-refractivity contribution >= 4 is 11.8 Å². The van der Waals surface area contributed by atoms with Crippen LogP contribution in [0.15, 0.2) is 48.5 Å². The van der Waals surface area contributed by atoms with Crippen LogP contribution in [0.5, 0.6) is 11.5 Å². The Kier molecular flexibility index (Phi) is 8.45. The second-order valence-corrected chi connectivity index (χ2v) is 6.43. The van der Waals surface area contributed by atoms with Gasteiger partial charge in [-0.1, -0.05) is 19.1 Å². The zero-order valence-corrected chi connectivity index (χ0v) is 17.0. The number of rotatable bonds is 10. The molecule has 1 atom stereocenters. The van der Waals surface area contributed by atoms with Gasteiger partial charge in [-0.15, -0.1) is 0 Å². The molecule has 2 aromatic carbocycles. The number of benzene rings is 2. The molecule has 1 N–H and O–H groups in total. The topological polar surface area (TPSA) is 67.9 Å². The Morgan fingerprint density at radius 1 is 1.03 bits per heavy atom. The average Bonchev–Trinajstić information content (AvgIpc) is 2.73. The summed E-state index contributed by atoms with van der Waals surface area (Å²) in [5.41, 5.74) is 0.729. The number of hydrogen-bond donors (Lipinski definition) is 1. The van der Waals surface area contributed by atoms with Crippen molar-refractivity contribution in [1.82, 2.24) is 10.2 Å². The maximum Gasteiger partial charge on any atom is 0.261 e. The summed E-state index contributed by atoms with van der Waals surface area (Å²) in [5.74, 6) is 0.291. The molecule has 2 rings (SSSR count). The van der Waals surface area contributed by atoms with E-state index >= 15 is 0 Å². The summed E-state index contributed by atoms with van der Waals surface area (Å²) >= 11 is 0. The van der Waals surface area contributed by atoms with Crippen LogP contribution in [0.4, 0.5) is 4.39 Å². The molecule has 2 aromatic rings. The number of methoxy groups -OCH3 is 1. The van der Waals surface area contributed by atoms with Crippen LogP contribution < -0.4 is 14.8 Å². The molecule has 156 valence electrons. The second kappa shape index (κ2) is 11.0. The molecule has 7 heteroatoms. The van der Waals surface area contributed by atoms with Crippen LogP contribution >= 0.6 is 0 Å². The van der Waals surface area contributed by atoms with Gasteiger partial charge in [0.25, 0.3) is 5.91 Å². The third kappa shape index (κ3) is 6.48. The molecule has 0 spiro atoms. The number of nitrogens with zero attached hydrogens (tertiary/aromatic N) is 1. The van der Waals surface area contributed by atoms with Crippen molar-refractivity contribution < 1.29 is 23.5 Å². The summed E-state index contributed by atoms with van der Waals surface area (Å²) in [7, 11) is 1.57. The minimum Gasteiger partial charge on any atom is -0.497 e. The Hall–Kier alpha value is -3.09. The zero-order chi connectivity index (χ0) is 21.2. The van der Waals surface area contributed by atoms with Gasteiger partial charge in [0.15, 0.2) is 6.61 Å². The number of carbonyl (C=O) groups excluding carboxylic acids is 2. The van der Waals surface area contributed by atoms with Crippen molar-refractivity contribution in [3.8, 4) is 11.5 Å². The third-order valence-electron chi connectivity index (χ3n) is 4.42. The fourth-order valence-electron chi connectivity index (χ4n) is 2.90. The Labute approximate surface area is 170 Å². The molecule has 0 aliphatic heterocycles. The first-order chi connectivity index (χ1) is 14.0. The number of amides is 2. The van der Waals surface area contributed by atoms with Crippen molar-refractivity contribution in [2.45, 2.75) is 32.9 Å². The molecule has 0 saturated heterocycles. The largest absolute Gasteiger partial charge is 0.497 e. The number of halogens is 1. The van der Waals surface area contributed by atoms with Crippen molar-refractivity contribution in [3.63, 3.8) is 0 Å². The average molecular weight is 402 g/mol. The first-order valence-electron chi connectivity index (χ1n) is 9.56. The van der Waals surface area contributed by atoms with E-state index in [1.165, 1.54) is 17.0 Å². The van der Waals surface area contributed by atoms with E-state index in [4.69, 9.17) is 9.47 Å². The fourth-order valence-corrected chi connectivity index (χ4v) is 2.90. The normalized spacial score (nSPS) is 11.4. The molecule has 0 radical (unpaired) electrons. The zero-order valence-electron chi connectivity index (χ0n) is 17.0. The molecule has 2 amide bonds. The van der Waals surface area contributed by atoms with Crippen LogP contribution in [0.25, 0.3) is 0 Å².